The molecule has 1 amide bonds. The predicted octanol–water partition coefficient (Wildman–Crippen LogP) is 2.63. The van der Waals surface area contributed by atoms with E-state index in [-0.39, 0.29) is 28.9 Å². The Morgan fingerprint density at radius 1 is 1.36 bits per heavy atom. The average molecular weight is 390 g/mol. The van der Waals surface area contributed by atoms with Crippen molar-refractivity contribution in [2.24, 2.45) is 0 Å². The van der Waals surface area contributed by atoms with Crippen LogP contribution in [0.5, 0.6) is 11.5 Å². The van der Waals surface area contributed by atoms with E-state index in [4.69, 9.17) is 14.2 Å². The molecule has 0 bridgehead atoms. The number of carbonyl (C=O) groups excluding carboxylic acids is 1. The summed E-state index contributed by atoms with van der Waals surface area (Å²) in [4.78, 5) is 23.4. The largest absolute Gasteiger partial charge is 0.493 e. The molecule has 10 heteroatoms. The van der Waals surface area contributed by atoms with Gasteiger partial charge in [-0.15, -0.1) is 0 Å². The van der Waals surface area contributed by atoms with Crippen LogP contribution in [0.15, 0.2) is 24.5 Å². The fourth-order valence-electron chi connectivity index (χ4n) is 3.09. The molecular formula is C18H22N4O6. The van der Waals surface area contributed by atoms with Crippen molar-refractivity contribution in [3.63, 3.8) is 0 Å². The summed E-state index contributed by atoms with van der Waals surface area (Å²) in [5.41, 5.74) is -0.0750. The average Bonchev–Trinajstić information content (AvgIpc) is 3.14. The number of aromatic nitrogens is 2. The van der Waals surface area contributed by atoms with Gasteiger partial charge >= 0.3 is 0 Å². The van der Waals surface area contributed by atoms with Gasteiger partial charge < -0.3 is 19.5 Å². The molecule has 1 aromatic heterocycles. The summed E-state index contributed by atoms with van der Waals surface area (Å²) < 4.78 is 17.6. The van der Waals surface area contributed by atoms with Crippen molar-refractivity contribution in [1.82, 2.24) is 9.78 Å². The van der Waals surface area contributed by atoms with Gasteiger partial charge in [-0.2, -0.15) is 5.10 Å². The predicted molar refractivity (Wildman–Crippen MR) is 100.0 cm³/mol. The van der Waals surface area contributed by atoms with Gasteiger partial charge in [0.05, 0.1) is 49.7 Å². The quantitative estimate of drug-likeness (QED) is 0.570. The Labute approximate surface area is 161 Å². The van der Waals surface area contributed by atoms with Crippen LogP contribution in [0, 0.1) is 10.1 Å². The molecule has 1 saturated heterocycles. The van der Waals surface area contributed by atoms with Crippen molar-refractivity contribution >= 4 is 17.3 Å². The number of nitro benzene ring substituents is 1. The molecule has 0 saturated carbocycles. The molecule has 3 rings (SSSR count). The van der Waals surface area contributed by atoms with Gasteiger partial charge in [0.1, 0.15) is 5.56 Å². The summed E-state index contributed by atoms with van der Waals surface area (Å²) in [5.74, 6) is -0.240. The van der Waals surface area contributed by atoms with Crippen molar-refractivity contribution in [2.45, 2.75) is 31.9 Å². The number of methoxy groups -OCH3 is 2. The first kappa shape index (κ1) is 19.6. The van der Waals surface area contributed by atoms with Crippen LogP contribution in [-0.2, 0) is 11.3 Å². The molecule has 1 aliphatic rings. The molecule has 2 heterocycles. The first-order valence-electron chi connectivity index (χ1n) is 8.87. The lowest BCUT2D eigenvalue weighted by Gasteiger charge is -2.22. The van der Waals surface area contributed by atoms with Gasteiger partial charge in [-0.3, -0.25) is 19.6 Å². The molecule has 28 heavy (non-hydrogen) atoms. The van der Waals surface area contributed by atoms with Gasteiger partial charge in [-0.25, -0.2) is 0 Å². The highest BCUT2D eigenvalue weighted by Gasteiger charge is 2.25. The van der Waals surface area contributed by atoms with E-state index in [1.54, 1.807) is 10.9 Å². The summed E-state index contributed by atoms with van der Waals surface area (Å²) in [6, 6.07) is 2.45. The van der Waals surface area contributed by atoms with E-state index in [0.717, 1.165) is 31.9 Å². The standard InChI is InChI=1S/C18H22N4O6/c1-26-16-7-14(15(22(24)25)8-17(16)27-2)18(23)20-12-9-19-21(10-12)11-13-5-3-4-6-28-13/h7-10,13H,3-6,11H2,1-2H3,(H,20,23). The topological polar surface area (TPSA) is 118 Å². The van der Waals surface area contributed by atoms with Gasteiger partial charge in [-0.05, 0) is 19.3 Å². The number of amides is 1. The number of hydrogen-bond acceptors (Lipinski definition) is 7. The van der Waals surface area contributed by atoms with Crippen molar-refractivity contribution in [3.8, 4) is 11.5 Å². The Morgan fingerprint density at radius 3 is 2.75 bits per heavy atom. The Kier molecular flexibility index (Phi) is 6.09. The highest BCUT2D eigenvalue weighted by Crippen LogP contribution is 2.34. The maximum atomic E-state index is 12.6. The van der Waals surface area contributed by atoms with Gasteiger partial charge in [0.15, 0.2) is 11.5 Å². The lowest BCUT2D eigenvalue weighted by atomic mass is 10.1. The Morgan fingerprint density at radius 2 is 2.11 bits per heavy atom. The highest BCUT2D eigenvalue weighted by molar-refractivity contribution is 6.07. The zero-order valence-corrected chi connectivity index (χ0v) is 15.7. The van der Waals surface area contributed by atoms with Crippen LogP contribution < -0.4 is 14.8 Å². The van der Waals surface area contributed by atoms with Gasteiger partial charge in [0.2, 0.25) is 0 Å². The molecule has 10 nitrogen and oxygen atoms in total. The molecular weight excluding hydrogens is 368 g/mol. The van der Waals surface area contributed by atoms with E-state index in [1.807, 2.05) is 0 Å². The molecule has 0 aliphatic carbocycles. The number of benzene rings is 1. The second-order valence-electron chi connectivity index (χ2n) is 6.38. The van der Waals surface area contributed by atoms with E-state index < -0.39 is 10.8 Å². The molecule has 0 spiro atoms. The second kappa shape index (κ2) is 8.70. The first-order valence-corrected chi connectivity index (χ1v) is 8.87. The molecule has 1 atom stereocenters. The number of nitrogens with zero attached hydrogens (tertiary/aromatic N) is 3. The molecule has 2 aromatic rings. The summed E-state index contributed by atoms with van der Waals surface area (Å²) in [7, 11) is 2.76. The fraction of sp³-hybridized carbons (Fsp3) is 0.444. The lowest BCUT2D eigenvalue weighted by Crippen LogP contribution is -2.24. The number of hydrogen-bond donors (Lipinski definition) is 1. The molecule has 1 unspecified atom stereocenters. The first-order chi connectivity index (χ1) is 13.5. The fourth-order valence-corrected chi connectivity index (χ4v) is 3.09. The minimum absolute atomic E-state index is 0.101. The third-order valence-electron chi connectivity index (χ3n) is 4.50. The number of rotatable bonds is 7. The van der Waals surface area contributed by atoms with Crippen LogP contribution >= 0.6 is 0 Å². The zero-order chi connectivity index (χ0) is 20.1. The summed E-state index contributed by atoms with van der Waals surface area (Å²) in [6.07, 6.45) is 6.43. The molecule has 0 radical (unpaired) electrons. The lowest BCUT2D eigenvalue weighted by molar-refractivity contribution is -0.385. The smallest absolute Gasteiger partial charge is 0.286 e. The van der Waals surface area contributed by atoms with Crippen molar-refractivity contribution in [2.75, 3.05) is 26.1 Å². The monoisotopic (exact) mass is 390 g/mol. The highest BCUT2D eigenvalue weighted by atomic mass is 16.6. The minimum atomic E-state index is -0.638. The van der Waals surface area contributed by atoms with Crippen LogP contribution in [0.1, 0.15) is 29.6 Å². The van der Waals surface area contributed by atoms with Gasteiger partial charge in [0, 0.05) is 18.9 Å². The molecule has 1 N–H and O–H groups in total. The normalized spacial score (nSPS) is 16.4. The Balaban J connectivity index is 1.76. The number of nitrogens with one attached hydrogen (secondary N) is 1. The van der Waals surface area contributed by atoms with Crippen LogP contribution in [0.3, 0.4) is 0 Å². The molecule has 1 aliphatic heterocycles. The van der Waals surface area contributed by atoms with E-state index in [2.05, 4.69) is 10.4 Å². The molecule has 150 valence electrons. The van der Waals surface area contributed by atoms with Crippen molar-refractivity contribution < 1.29 is 23.9 Å². The number of nitro groups is 1. The Bertz CT molecular complexity index is 860. The summed E-state index contributed by atoms with van der Waals surface area (Å²) in [6.45, 7) is 1.34. The maximum Gasteiger partial charge on any atom is 0.286 e. The number of carbonyl (C=O) groups is 1. The summed E-state index contributed by atoms with van der Waals surface area (Å²) in [5, 5.41) is 18.2. The summed E-state index contributed by atoms with van der Waals surface area (Å²) >= 11 is 0. The minimum Gasteiger partial charge on any atom is -0.493 e. The SMILES string of the molecule is COc1cc(C(=O)Nc2cnn(CC3CCCCO3)c2)c([N+](=O)[O-])cc1OC. The third kappa shape index (κ3) is 4.39. The maximum absolute atomic E-state index is 12.6. The van der Waals surface area contributed by atoms with Crippen LogP contribution in [0.4, 0.5) is 11.4 Å². The number of ether oxygens (including phenoxy) is 3. The zero-order valence-electron chi connectivity index (χ0n) is 15.7. The third-order valence-corrected chi connectivity index (χ3v) is 4.50. The van der Waals surface area contributed by atoms with Gasteiger partial charge in [-0.1, -0.05) is 0 Å². The number of anilines is 1. The van der Waals surface area contributed by atoms with E-state index in [9.17, 15) is 14.9 Å². The molecule has 1 fully saturated rings. The van der Waals surface area contributed by atoms with E-state index in [1.165, 1.54) is 26.5 Å². The van der Waals surface area contributed by atoms with Gasteiger partial charge in [0.25, 0.3) is 11.6 Å². The van der Waals surface area contributed by atoms with Crippen molar-refractivity contribution in [3.05, 3.63) is 40.2 Å². The van der Waals surface area contributed by atoms with E-state index >= 15 is 0 Å². The van der Waals surface area contributed by atoms with Crippen LogP contribution in [-0.4, -0.2) is 47.5 Å². The van der Waals surface area contributed by atoms with E-state index in [0.29, 0.717) is 12.2 Å². The van der Waals surface area contributed by atoms with Crippen LogP contribution in [0.25, 0.3) is 0 Å². The molecule has 1 aromatic carbocycles. The van der Waals surface area contributed by atoms with Crippen molar-refractivity contribution in [1.29, 1.82) is 0 Å². The van der Waals surface area contributed by atoms with Crippen LogP contribution in [0.2, 0.25) is 0 Å². The Hall–Kier alpha value is -3.14. The second-order valence-corrected chi connectivity index (χ2v) is 6.38.